The van der Waals surface area contributed by atoms with Crippen molar-refractivity contribution in [3.63, 3.8) is 0 Å². The Morgan fingerprint density at radius 3 is 2.23 bits per heavy atom. The largest absolute Gasteiger partial charge is 0.493 e. The second-order valence-electron chi connectivity index (χ2n) is 16.4. The Morgan fingerprint density at radius 2 is 1.51 bits per heavy atom. The Balaban J connectivity index is 1.15. The van der Waals surface area contributed by atoms with E-state index >= 15 is 4.79 Å². The number of hydrogen-bond acceptors (Lipinski definition) is 12. The number of piperidine rings is 1. The maximum atomic E-state index is 15.2. The number of fused-ring (bicyclic) bond motifs is 5. The van der Waals surface area contributed by atoms with Gasteiger partial charge >= 0.3 is 0 Å². The number of aliphatic hydroxyl groups excluding tert-OH is 1. The lowest BCUT2D eigenvalue weighted by atomic mass is 9.72. The molecule has 6 atom stereocenters. The molecule has 1 amide bonds. The lowest BCUT2D eigenvalue weighted by molar-refractivity contribution is -0.158. The van der Waals surface area contributed by atoms with Crippen LogP contribution in [0.2, 0.25) is 0 Å². The van der Waals surface area contributed by atoms with Crippen molar-refractivity contribution in [3.8, 4) is 23.0 Å². The molecule has 13 nitrogen and oxygen atoms in total. The molecular formula is C48H58N2O11. The number of hydrogen-bond donors (Lipinski definition) is 1. The third-order valence-electron chi connectivity index (χ3n) is 13.2. The summed E-state index contributed by atoms with van der Waals surface area (Å²) in [7, 11) is 6.64. The Bertz CT molecular complexity index is 2290. The molecule has 1 aromatic heterocycles. The first-order valence-corrected chi connectivity index (χ1v) is 21.5. The molecule has 13 heteroatoms. The van der Waals surface area contributed by atoms with Gasteiger partial charge in [-0.2, -0.15) is 0 Å². The average Bonchev–Trinajstić information content (AvgIpc) is 3.30. The molecule has 1 fully saturated rings. The predicted molar refractivity (Wildman–Crippen MR) is 228 cm³/mol. The van der Waals surface area contributed by atoms with Gasteiger partial charge in [0.1, 0.15) is 5.58 Å². The summed E-state index contributed by atoms with van der Waals surface area (Å²) in [5, 5.41) is 9.66. The molecular weight excluding hydrogens is 781 g/mol. The van der Waals surface area contributed by atoms with Gasteiger partial charge in [0.2, 0.25) is 6.29 Å². The molecule has 0 spiro atoms. The highest BCUT2D eigenvalue weighted by molar-refractivity contribution is 5.92. The minimum absolute atomic E-state index is 0.101. The van der Waals surface area contributed by atoms with Gasteiger partial charge in [-0.1, -0.05) is 25.5 Å². The summed E-state index contributed by atoms with van der Waals surface area (Å²) in [5.41, 5.74) is 5.47. The fourth-order valence-electron chi connectivity index (χ4n) is 10.1. The summed E-state index contributed by atoms with van der Waals surface area (Å²) in [6, 6.07) is 15.4. The van der Waals surface area contributed by atoms with Crippen molar-refractivity contribution in [2.24, 2.45) is 11.8 Å². The molecule has 326 valence electrons. The number of nitrogens with zero attached hydrogens (tertiary/aromatic N) is 2. The number of methoxy groups -OCH3 is 4. The number of amides is 1. The third-order valence-corrected chi connectivity index (χ3v) is 13.2. The molecule has 4 aliphatic rings. The molecule has 1 N–H and O–H groups in total. The molecule has 0 radical (unpaired) electrons. The number of ether oxygens (including phenoxy) is 7. The van der Waals surface area contributed by atoms with Gasteiger partial charge in [0.25, 0.3) is 5.91 Å². The van der Waals surface area contributed by atoms with E-state index in [0.29, 0.717) is 53.3 Å². The van der Waals surface area contributed by atoms with Crippen LogP contribution in [-0.2, 0) is 31.8 Å². The zero-order valence-corrected chi connectivity index (χ0v) is 35.9. The number of carbonyl (C=O) groups is 1. The van der Waals surface area contributed by atoms with Crippen LogP contribution in [-0.4, -0.2) is 102 Å². The molecule has 61 heavy (non-hydrogen) atoms. The molecule has 3 aromatic carbocycles. The van der Waals surface area contributed by atoms with Gasteiger partial charge in [-0.15, -0.1) is 0 Å². The number of rotatable bonds is 15. The first-order chi connectivity index (χ1) is 29.8. The molecule has 0 unspecified atom stereocenters. The van der Waals surface area contributed by atoms with Crippen LogP contribution in [0.25, 0.3) is 11.0 Å². The zero-order valence-electron chi connectivity index (χ0n) is 35.9. The molecule has 8 rings (SSSR count). The van der Waals surface area contributed by atoms with Crippen LogP contribution in [0.1, 0.15) is 78.4 Å². The summed E-state index contributed by atoms with van der Waals surface area (Å²) >= 11 is 0. The van der Waals surface area contributed by atoms with Crippen LogP contribution in [0.5, 0.6) is 23.0 Å². The predicted octanol–water partition coefficient (Wildman–Crippen LogP) is 6.73. The number of para-hydroxylation sites is 1. The minimum Gasteiger partial charge on any atom is -0.493 e. The van der Waals surface area contributed by atoms with Gasteiger partial charge in [-0.05, 0) is 102 Å². The third kappa shape index (κ3) is 8.58. The number of allylic oxidation sites excluding steroid dienone is 1. The topological polar surface area (TPSA) is 139 Å². The van der Waals surface area contributed by atoms with Crippen molar-refractivity contribution in [1.29, 1.82) is 0 Å². The van der Waals surface area contributed by atoms with E-state index in [9.17, 15) is 9.90 Å². The van der Waals surface area contributed by atoms with Gasteiger partial charge < -0.3 is 47.6 Å². The Hall–Kier alpha value is -5.08. The van der Waals surface area contributed by atoms with Crippen LogP contribution in [0, 0.1) is 11.8 Å². The fourth-order valence-corrected chi connectivity index (χ4v) is 10.1. The lowest BCUT2D eigenvalue weighted by Crippen LogP contribution is -2.48. The van der Waals surface area contributed by atoms with Crippen molar-refractivity contribution in [2.75, 3.05) is 74.5 Å². The Kier molecular flexibility index (Phi) is 13.2. The summed E-state index contributed by atoms with van der Waals surface area (Å²) in [6.07, 6.45) is 6.93. The first-order valence-electron chi connectivity index (χ1n) is 21.5. The first kappa shape index (κ1) is 42.6. The maximum absolute atomic E-state index is 15.2. The zero-order chi connectivity index (χ0) is 42.6. The maximum Gasteiger partial charge on any atom is 0.289 e. The SMILES string of the molecule is CC[C@H]1CN2CCc3cc(OC)c(OC)cc3[C@@H]2C[C@@H]1C[C@@H]1c2cc(OC)c(OC)cc2CCN1C(=O)C1=C[C@@H](c2coc3ccccc3c2=O)C[C@@H](OCCOCCO)O1. The fraction of sp³-hybridized carbons (Fsp3) is 0.500. The number of aliphatic hydroxyl groups is 1. The molecule has 0 aliphatic carbocycles. The second-order valence-corrected chi connectivity index (χ2v) is 16.4. The van der Waals surface area contributed by atoms with E-state index in [1.807, 2.05) is 29.2 Å². The molecule has 4 aromatic rings. The van der Waals surface area contributed by atoms with E-state index in [4.69, 9.17) is 37.6 Å². The van der Waals surface area contributed by atoms with Crippen LogP contribution < -0.4 is 24.4 Å². The van der Waals surface area contributed by atoms with E-state index in [-0.39, 0.29) is 61.5 Å². The van der Waals surface area contributed by atoms with Crippen molar-refractivity contribution >= 4 is 16.9 Å². The highest BCUT2D eigenvalue weighted by Crippen LogP contribution is 2.50. The van der Waals surface area contributed by atoms with Crippen LogP contribution in [0.3, 0.4) is 0 Å². The minimum atomic E-state index is -0.840. The van der Waals surface area contributed by atoms with Crippen molar-refractivity contribution in [1.82, 2.24) is 9.80 Å². The molecule has 0 bridgehead atoms. The average molecular weight is 839 g/mol. The monoisotopic (exact) mass is 838 g/mol. The summed E-state index contributed by atoms with van der Waals surface area (Å²) in [6.45, 7) is 5.15. The van der Waals surface area contributed by atoms with Crippen LogP contribution >= 0.6 is 0 Å². The standard InChI is InChI=1S/C48H58N2O11/c1-6-29-27-49-13-11-30-21-41(54-2)43(56-4)25-35(30)38(49)19-32(29)20-39-36-26-44(57-5)42(55-3)22-31(36)12-14-50(39)48(53)45-23-33(24-46(61-45)59-18-17-58-16-15-51)37-28-60-40-10-8-7-9-34(40)47(37)52/h7-10,21-23,25-26,28-29,32-33,38-39,46,51H,6,11-20,24,27H2,1-5H3/t29-,32+,33+,38-,39+,46-/m0/s1. The molecule has 4 aliphatic heterocycles. The second kappa shape index (κ2) is 18.9. The molecule has 1 saturated heterocycles. The van der Waals surface area contributed by atoms with Crippen molar-refractivity contribution < 1.29 is 47.5 Å². The van der Waals surface area contributed by atoms with E-state index in [0.717, 1.165) is 61.4 Å². The van der Waals surface area contributed by atoms with E-state index < -0.39 is 12.2 Å². The normalized spacial score (nSPS) is 23.6. The van der Waals surface area contributed by atoms with E-state index in [1.54, 1.807) is 46.6 Å². The Labute approximate surface area is 357 Å². The highest BCUT2D eigenvalue weighted by atomic mass is 16.7. The quantitative estimate of drug-likeness (QED) is 0.127. The number of carbonyl (C=O) groups excluding carboxylic acids is 1. The van der Waals surface area contributed by atoms with Crippen molar-refractivity contribution in [2.45, 2.75) is 69.7 Å². The van der Waals surface area contributed by atoms with Gasteiger partial charge in [0, 0.05) is 43.6 Å². The van der Waals surface area contributed by atoms with Gasteiger partial charge in [0.15, 0.2) is 34.2 Å². The molecule has 5 heterocycles. The summed E-state index contributed by atoms with van der Waals surface area (Å²) in [5.74, 6) is 2.77. The smallest absolute Gasteiger partial charge is 0.289 e. The lowest BCUT2D eigenvalue weighted by Gasteiger charge is -2.49. The van der Waals surface area contributed by atoms with Crippen molar-refractivity contribution in [3.05, 3.63) is 105 Å². The van der Waals surface area contributed by atoms with E-state index in [1.165, 1.54) is 17.4 Å². The van der Waals surface area contributed by atoms with Crippen LogP contribution in [0.15, 0.2) is 75.8 Å². The Morgan fingerprint density at radius 1 is 0.820 bits per heavy atom. The van der Waals surface area contributed by atoms with Gasteiger partial charge in [-0.25, -0.2) is 0 Å². The summed E-state index contributed by atoms with van der Waals surface area (Å²) in [4.78, 5) is 33.7. The summed E-state index contributed by atoms with van der Waals surface area (Å²) < 4.78 is 47.0. The van der Waals surface area contributed by atoms with Gasteiger partial charge in [-0.3, -0.25) is 14.5 Å². The highest BCUT2D eigenvalue weighted by Gasteiger charge is 2.43. The molecule has 0 saturated carbocycles. The number of benzene rings is 3. The van der Waals surface area contributed by atoms with Crippen LogP contribution in [0.4, 0.5) is 0 Å². The van der Waals surface area contributed by atoms with E-state index in [2.05, 4.69) is 24.0 Å². The van der Waals surface area contributed by atoms with Gasteiger partial charge in [0.05, 0.1) is 72.6 Å².